The molecule has 0 aliphatic heterocycles. The molecule has 2 aromatic rings. The van der Waals surface area contributed by atoms with Gasteiger partial charge in [0, 0.05) is 11.8 Å². The number of benzene rings is 1. The number of hydrogen-bond acceptors (Lipinski definition) is 4. The van der Waals surface area contributed by atoms with Crippen molar-refractivity contribution in [3.8, 4) is 0 Å². The molecule has 1 heterocycles. The van der Waals surface area contributed by atoms with E-state index in [0.717, 1.165) is 0 Å². The highest BCUT2D eigenvalue weighted by atomic mass is 16.4. The zero-order valence-corrected chi connectivity index (χ0v) is 12.1. The van der Waals surface area contributed by atoms with Gasteiger partial charge in [0.1, 0.15) is 5.58 Å². The second-order valence-electron chi connectivity index (χ2n) is 6.10. The summed E-state index contributed by atoms with van der Waals surface area (Å²) in [4.78, 5) is 35.1. The van der Waals surface area contributed by atoms with Gasteiger partial charge >= 0.3 is 5.97 Å². The number of anilines is 1. The molecule has 114 valence electrons. The molecule has 1 saturated carbocycles. The topological polar surface area (TPSA) is 96.6 Å². The van der Waals surface area contributed by atoms with E-state index >= 15 is 0 Å². The Morgan fingerprint density at radius 3 is 2.59 bits per heavy atom. The fourth-order valence-corrected chi connectivity index (χ4v) is 2.97. The van der Waals surface area contributed by atoms with Gasteiger partial charge in [-0.05, 0) is 23.6 Å². The van der Waals surface area contributed by atoms with Gasteiger partial charge in [0.05, 0.1) is 23.5 Å². The van der Waals surface area contributed by atoms with Crippen molar-refractivity contribution < 1.29 is 19.1 Å². The monoisotopic (exact) mass is 301 g/mol. The highest BCUT2D eigenvalue weighted by molar-refractivity contribution is 6.00. The largest absolute Gasteiger partial charge is 0.481 e. The Morgan fingerprint density at radius 1 is 1.23 bits per heavy atom. The Hall–Kier alpha value is -2.63. The van der Waals surface area contributed by atoms with Crippen LogP contribution in [0.2, 0.25) is 0 Å². The Labute approximate surface area is 125 Å². The van der Waals surface area contributed by atoms with Gasteiger partial charge in [0.25, 0.3) is 0 Å². The molecule has 0 spiro atoms. The van der Waals surface area contributed by atoms with E-state index in [4.69, 9.17) is 9.52 Å². The van der Waals surface area contributed by atoms with Crippen LogP contribution in [-0.2, 0) is 9.59 Å². The first-order chi connectivity index (χ1) is 10.3. The third-order valence-electron chi connectivity index (χ3n) is 4.30. The van der Waals surface area contributed by atoms with Crippen LogP contribution in [0.15, 0.2) is 39.7 Å². The number of carbonyl (C=O) groups is 2. The molecule has 2 atom stereocenters. The summed E-state index contributed by atoms with van der Waals surface area (Å²) in [6.07, 6.45) is 1.31. The van der Waals surface area contributed by atoms with E-state index in [2.05, 4.69) is 5.32 Å². The van der Waals surface area contributed by atoms with Gasteiger partial charge in [-0.3, -0.25) is 14.4 Å². The van der Waals surface area contributed by atoms with Gasteiger partial charge in [0.2, 0.25) is 5.91 Å². The lowest BCUT2D eigenvalue weighted by Crippen LogP contribution is -2.17. The molecule has 0 saturated heterocycles. The van der Waals surface area contributed by atoms with Crippen LogP contribution in [0.3, 0.4) is 0 Å². The van der Waals surface area contributed by atoms with Crippen LogP contribution in [0.5, 0.6) is 0 Å². The first-order valence-electron chi connectivity index (χ1n) is 6.87. The number of carboxylic acids is 1. The van der Waals surface area contributed by atoms with E-state index in [1.54, 1.807) is 26.0 Å². The number of amides is 1. The third kappa shape index (κ3) is 2.16. The molecule has 0 radical (unpaired) electrons. The molecule has 6 nitrogen and oxygen atoms in total. The second kappa shape index (κ2) is 4.69. The molecule has 1 amide bonds. The molecule has 0 bridgehead atoms. The SMILES string of the molecule is CC1(C)[C@H](C(=O)Nc2ccc3occc(=O)c3c2)[C@@H]1C(=O)O. The molecule has 1 aromatic carbocycles. The number of hydrogen-bond donors (Lipinski definition) is 2. The van der Waals surface area contributed by atoms with Crippen molar-refractivity contribution in [1.29, 1.82) is 0 Å². The third-order valence-corrected chi connectivity index (χ3v) is 4.30. The highest BCUT2D eigenvalue weighted by Gasteiger charge is 2.65. The van der Waals surface area contributed by atoms with Crippen LogP contribution < -0.4 is 10.7 Å². The van der Waals surface area contributed by atoms with Crippen molar-refractivity contribution in [2.24, 2.45) is 17.3 Å². The number of aliphatic carboxylic acids is 1. The van der Waals surface area contributed by atoms with Crippen molar-refractivity contribution in [2.75, 3.05) is 5.32 Å². The average Bonchev–Trinajstić information content (AvgIpc) is 3.03. The van der Waals surface area contributed by atoms with Gasteiger partial charge < -0.3 is 14.8 Å². The molecule has 2 N–H and O–H groups in total. The average molecular weight is 301 g/mol. The van der Waals surface area contributed by atoms with Crippen molar-refractivity contribution in [3.05, 3.63) is 40.8 Å². The molecule has 6 heteroatoms. The van der Waals surface area contributed by atoms with Crippen LogP contribution >= 0.6 is 0 Å². The molecule has 3 rings (SSSR count). The van der Waals surface area contributed by atoms with Gasteiger partial charge in [-0.15, -0.1) is 0 Å². The van der Waals surface area contributed by atoms with E-state index in [9.17, 15) is 14.4 Å². The quantitative estimate of drug-likeness (QED) is 0.904. The normalized spacial score (nSPS) is 22.3. The molecule has 22 heavy (non-hydrogen) atoms. The number of carboxylic acid groups (broad SMARTS) is 1. The summed E-state index contributed by atoms with van der Waals surface area (Å²) < 4.78 is 5.20. The standard InChI is InChI=1S/C16H15NO5/c1-16(2)12(13(16)15(20)21)14(19)17-8-3-4-11-9(7-8)10(18)5-6-22-11/h3-7,12-13H,1-2H3,(H,17,19)(H,20,21)/t12-,13+/m0/s1. The molecule has 0 unspecified atom stereocenters. The number of fused-ring (bicyclic) bond motifs is 1. The Bertz CT molecular complexity index is 836. The van der Waals surface area contributed by atoms with Crippen LogP contribution in [-0.4, -0.2) is 17.0 Å². The lowest BCUT2D eigenvalue weighted by atomic mass is 10.1. The van der Waals surface area contributed by atoms with Crippen molar-refractivity contribution in [3.63, 3.8) is 0 Å². The number of carbonyl (C=O) groups excluding carboxylic acids is 1. The van der Waals surface area contributed by atoms with E-state index in [1.807, 2.05) is 0 Å². The van der Waals surface area contributed by atoms with Crippen molar-refractivity contribution in [1.82, 2.24) is 0 Å². The first-order valence-corrected chi connectivity index (χ1v) is 6.87. The van der Waals surface area contributed by atoms with Gasteiger partial charge in [-0.2, -0.15) is 0 Å². The summed E-state index contributed by atoms with van der Waals surface area (Å²) >= 11 is 0. The fraction of sp³-hybridized carbons (Fsp3) is 0.312. The molecular formula is C16H15NO5. The van der Waals surface area contributed by atoms with Gasteiger partial charge in [-0.25, -0.2) is 0 Å². The summed E-state index contributed by atoms with van der Waals surface area (Å²) in [6, 6.07) is 6.05. The minimum atomic E-state index is -0.968. The Morgan fingerprint density at radius 2 is 1.95 bits per heavy atom. The maximum atomic E-state index is 12.3. The van der Waals surface area contributed by atoms with Gasteiger partial charge in [-0.1, -0.05) is 13.8 Å². The van der Waals surface area contributed by atoms with Crippen molar-refractivity contribution >= 4 is 28.5 Å². The minimum absolute atomic E-state index is 0.201. The molecule has 1 aliphatic rings. The summed E-state index contributed by atoms with van der Waals surface area (Å²) in [7, 11) is 0. The Balaban J connectivity index is 1.85. The van der Waals surface area contributed by atoms with Crippen LogP contribution in [0.1, 0.15) is 13.8 Å². The van der Waals surface area contributed by atoms with Crippen molar-refractivity contribution in [2.45, 2.75) is 13.8 Å². The van der Waals surface area contributed by atoms with Gasteiger partial charge in [0.15, 0.2) is 5.43 Å². The van der Waals surface area contributed by atoms with Crippen LogP contribution in [0.4, 0.5) is 5.69 Å². The maximum Gasteiger partial charge on any atom is 0.307 e. The molecule has 1 aliphatic carbocycles. The van der Waals surface area contributed by atoms with E-state index in [-0.39, 0.29) is 11.3 Å². The summed E-state index contributed by atoms with van der Waals surface area (Å²) in [5.74, 6) is -2.58. The van der Waals surface area contributed by atoms with Crippen LogP contribution in [0.25, 0.3) is 11.0 Å². The number of rotatable bonds is 3. The predicted octanol–water partition coefficient (Wildman–Crippen LogP) is 2.09. The van der Waals surface area contributed by atoms with E-state index < -0.39 is 23.2 Å². The summed E-state index contributed by atoms with van der Waals surface area (Å²) in [6.45, 7) is 3.51. The minimum Gasteiger partial charge on any atom is -0.481 e. The second-order valence-corrected chi connectivity index (χ2v) is 6.10. The Kier molecular flexibility index (Phi) is 3.05. The number of nitrogens with one attached hydrogen (secondary N) is 1. The predicted molar refractivity (Wildman–Crippen MR) is 79.5 cm³/mol. The smallest absolute Gasteiger partial charge is 0.307 e. The van der Waals surface area contributed by atoms with E-state index in [0.29, 0.717) is 16.7 Å². The summed E-state index contributed by atoms with van der Waals surface area (Å²) in [5.41, 5.74) is 0.113. The summed E-state index contributed by atoms with van der Waals surface area (Å²) in [5, 5.41) is 12.2. The lowest BCUT2D eigenvalue weighted by Gasteiger charge is -2.06. The molecular weight excluding hydrogens is 286 g/mol. The van der Waals surface area contributed by atoms with E-state index in [1.165, 1.54) is 18.4 Å². The van der Waals surface area contributed by atoms with Crippen LogP contribution in [0, 0.1) is 17.3 Å². The lowest BCUT2D eigenvalue weighted by molar-refractivity contribution is -0.140. The zero-order valence-electron chi connectivity index (χ0n) is 12.1. The maximum absolute atomic E-state index is 12.3. The fourth-order valence-electron chi connectivity index (χ4n) is 2.97. The highest BCUT2D eigenvalue weighted by Crippen LogP contribution is 2.58. The zero-order chi connectivity index (χ0) is 16.1. The molecule has 1 fully saturated rings. The first kappa shape index (κ1) is 14.3. The molecule has 1 aromatic heterocycles.